The summed E-state index contributed by atoms with van der Waals surface area (Å²) in [4.78, 5) is 18.6. The molecule has 2 heterocycles. The van der Waals surface area contributed by atoms with Gasteiger partial charge < -0.3 is 5.32 Å². The van der Waals surface area contributed by atoms with Crippen LogP contribution in [0.3, 0.4) is 0 Å². The molecule has 0 aromatic carbocycles. The second-order valence-corrected chi connectivity index (χ2v) is 7.47. The number of ketones is 1. The van der Waals surface area contributed by atoms with Crippen molar-refractivity contribution in [1.82, 2.24) is 4.98 Å². The molecule has 1 aromatic heterocycles. The second-order valence-electron chi connectivity index (χ2n) is 6.61. The average molecular weight is 340 g/mol. The summed E-state index contributed by atoms with van der Waals surface area (Å²) in [5.74, 6) is 1.51. The summed E-state index contributed by atoms with van der Waals surface area (Å²) < 4.78 is 0. The van der Waals surface area contributed by atoms with Gasteiger partial charge in [-0.15, -0.1) is 11.3 Å². The molecule has 0 saturated carbocycles. The first-order valence-corrected chi connectivity index (χ1v) is 9.39. The van der Waals surface area contributed by atoms with Crippen LogP contribution in [-0.4, -0.2) is 10.8 Å². The maximum atomic E-state index is 13.0. The molecular weight excluding hydrogens is 316 g/mol. The molecule has 1 aliphatic carbocycles. The van der Waals surface area contributed by atoms with Crippen LogP contribution in [0.5, 0.6) is 0 Å². The van der Waals surface area contributed by atoms with Crippen LogP contribution in [0.1, 0.15) is 44.9 Å². The Morgan fingerprint density at radius 2 is 2.29 bits per heavy atom. The van der Waals surface area contributed by atoms with Gasteiger partial charge in [0.05, 0.1) is 15.8 Å². The maximum Gasteiger partial charge on any atom is 0.162 e. The van der Waals surface area contributed by atoms with Crippen LogP contribution in [0.4, 0.5) is 5.82 Å². The van der Waals surface area contributed by atoms with Gasteiger partial charge in [-0.25, -0.2) is 4.98 Å². The van der Waals surface area contributed by atoms with Gasteiger partial charge in [-0.05, 0) is 31.3 Å². The standard InChI is InChI=1S/C20H24N2OS/c1-5-7-8-9-14(4)20(6-2)17-15(10-13(3)11-16(17)23)22-19-18(20)24-12-21-19/h5,7-9,12-13,22H,4,6,10-11H2,1-3H3/b7-5-,9-8-/t13-,20-/m1/s1. The first kappa shape index (κ1) is 16.9. The number of anilines is 1. The Morgan fingerprint density at radius 3 is 3.00 bits per heavy atom. The number of carbonyl (C=O) groups is 1. The Labute approximate surface area is 147 Å². The van der Waals surface area contributed by atoms with Crippen LogP contribution < -0.4 is 5.32 Å². The minimum atomic E-state index is -0.452. The van der Waals surface area contributed by atoms with E-state index in [2.05, 4.69) is 30.7 Å². The topological polar surface area (TPSA) is 42.0 Å². The molecule has 4 heteroatoms. The SMILES string of the molecule is C=C(/C=C\C=C/C)[C@]1(CC)C2=C(C[C@@H](C)CC2=O)Nc2ncsc21. The highest BCUT2D eigenvalue weighted by Crippen LogP contribution is 2.53. The zero-order chi connectivity index (χ0) is 17.3. The zero-order valence-corrected chi connectivity index (χ0v) is 15.4. The Kier molecular flexibility index (Phi) is 4.59. The number of carbonyl (C=O) groups excluding carboxylic acids is 1. The number of thiazole rings is 1. The van der Waals surface area contributed by atoms with Crippen molar-refractivity contribution in [2.24, 2.45) is 5.92 Å². The molecule has 2 atom stereocenters. The summed E-state index contributed by atoms with van der Waals surface area (Å²) in [6.07, 6.45) is 10.3. The van der Waals surface area contributed by atoms with Gasteiger partial charge in [0, 0.05) is 17.7 Å². The van der Waals surface area contributed by atoms with E-state index in [-0.39, 0.29) is 5.78 Å². The molecule has 24 heavy (non-hydrogen) atoms. The Hall–Kier alpha value is -1.94. The maximum absolute atomic E-state index is 13.0. The van der Waals surface area contributed by atoms with E-state index >= 15 is 0 Å². The number of nitrogens with one attached hydrogen (secondary N) is 1. The van der Waals surface area contributed by atoms with Crippen LogP contribution in [0.15, 0.2) is 53.2 Å². The number of hydrogen-bond donors (Lipinski definition) is 1. The third kappa shape index (κ3) is 2.49. The summed E-state index contributed by atoms with van der Waals surface area (Å²) in [6.45, 7) is 10.6. The van der Waals surface area contributed by atoms with Crippen LogP contribution in [0.2, 0.25) is 0 Å². The summed E-state index contributed by atoms with van der Waals surface area (Å²) in [5, 5.41) is 3.43. The molecule has 0 amide bonds. The number of aromatic nitrogens is 1. The molecule has 2 aliphatic rings. The number of fused-ring (bicyclic) bond motifs is 1. The minimum Gasteiger partial charge on any atom is -0.342 e. The number of Topliss-reactive ketones (excluding diaryl/α,β-unsaturated/α-hetero) is 1. The van der Waals surface area contributed by atoms with Crippen molar-refractivity contribution in [3.8, 4) is 0 Å². The highest BCUT2D eigenvalue weighted by atomic mass is 32.1. The monoisotopic (exact) mass is 340 g/mol. The number of rotatable bonds is 4. The fourth-order valence-electron chi connectivity index (χ4n) is 3.91. The Bertz CT molecular complexity index is 768. The van der Waals surface area contributed by atoms with Crippen molar-refractivity contribution < 1.29 is 4.79 Å². The minimum absolute atomic E-state index is 0.248. The highest BCUT2D eigenvalue weighted by Gasteiger charge is 2.48. The highest BCUT2D eigenvalue weighted by molar-refractivity contribution is 7.10. The molecule has 0 fully saturated rings. The van der Waals surface area contributed by atoms with Crippen molar-refractivity contribution in [3.05, 3.63) is 58.1 Å². The second kappa shape index (κ2) is 6.52. The lowest BCUT2D eigenvalue weighted by Crippen LogP contribution is -2.41. The van der Waals surface area contributed by atoms with Crippen molar-refractivity contribution in [3.63, 3.8) is 0 Å². The van der Waals surface area contributed by atoms with E-state index in [0.29, 0.717) is 12.3 Å². The molecule has 3 nitrogen and oxygen atoms in total. The molecule has 0 unspecified atom stereocenters. The predicted octanol–water partition coefficient (Wildman–Crippen LogP) is 5.16. The first-order chi connectivity index (χ1) is 11.5. The van der Waals surface area contributed by atoms with Gasteiger partial charge in [0.1, 0.15) is 5.82 Å². The summed E-state index contributed by atoms with van der Waals surface area (Å²) in [6, 6.07) is 0. The van der Waals surface area contributed by atoms with Gasteiger partial charge in [0.25, 0.3) is 0 Å². The van der Waals surface area contributed by atoms with E-state index < -0.39 is 5.41 Å². The van der Waals surface area contributed by atoms with Gasteiger partial charge >= 0.3 is 0 Å². The molecule has 0 saturated heterocycles. The molecule has 1 aliphatic heterocycles. The molecule has 3 rings (SSSR count). The van der Waals surface area contributed by atoms with Gasteiger partial charge in [-0.2, -0.15) is 0 Å². The van der Waals surface area contributed by atoms with Crippen LogP contribution >= 0.6 is 11.3 Å². The fourth-order valence-corrected chi connectivity index (χ4v) is 4.97. The van der Waals surface area contributed by atoms with Crippen LogP contribution in [0.25, 0.3) is 0 Å². The van der Waals surface area contributed by atoms with Gasteiger partial charge in [0.2, 0.25) is 0 Å². The molecule has 126 valence electrons. The van der Waals surface area contributed by atoms with Crippen molar-refractivity contribution in [2.45, 2.75) is 45.4 Å². The van der Waals surface area contributed by atoms with E-state index in [1.807, 2.05) is 36.7 Å². The van der Waals surface area contributed by atoms with Gasteiger partial charge in [-0.3, -0.25) is 4.79 Å². The molecule has 0 radical (unpaired) electrons. The third-order valence-electron chi connectivity index (χ3n) is 5.00. The normalized spacial score (nSPS) is 26.6. The Balaban J connectivity index is 2.20. The largest absolute Gasteiger partial charge is 0.342 e. The third-order valence-corrected chi connectivity index (χ3v) is 5.99. The first-order valence-electron chi connectivity index (χ1n) is 8.51. The van der Waals surface area contributed by atoms with Crippen molar-refractivity contribution >= 4 is 22.9 Å². The van der Waals surface area contributed by atoms with E-state index in [1.54, 1.807) is 11.3 Å². The number of allylic oxidation sites excluding steroid dienone is 7. The van der Waals surface area contributed by atoms with Gasteiger partial charge in [-0.1, -0.05) is 44.7 Å². The molecule has 0 spiro atoms. The molecule has 1 aromatic rings. The molecular formula is C20H24N2OS. The van der Waals surface area contributed by atoms with E-state index in [1.165, 1.54) is 0 Å². The Morgan fingerprint density at radius 1 is 1.50 bits per heavy atom. The van der Waals surface area contributed by atoms with Crippen molar-refractivity contribution in [1.29, 1.82) is 0 Å². The van der Waals surface area contributed by atoms with E-state index in [0.717, 1.165) is 40.4 Å². The van der Waals surface area contributed by atoms with Crippen LogP contribution in [0, 0.1) is 5.92 Å². The fraction of sp³-hybridized carbons (Fsp3) is 0.400. The number of hydrogen-bond acceptors (Lipinski definition) is 4. The zero-order valence-electron chi connectivity index (χ0n) is 14.6. The quantitative estimate of drug-likeness (QED) is 0.770. The lowest BCUT2D eigenvalue weighted by atomic mass is 9.64. The lowest BCUT2D eigenvalue weighted by Gasteiger charge is -2.42. The van der Waals surface area contributed by atoms with Crippen LogP contribution in [-0.2, 0) is 10.2 Å². The number of nitrogens with zero attached hydrogens (tertiary/aromatic N) is 1. The molecule has 0 bridgehead atoms. The summed E-state index contributed by atoms with van der Waals surface area (Å²) in [7, 11) is 0. The molecule has 1 N–H and O–H groups in total. The van der Waals surface area contributed by atoms with E-state index in [4.69, 9.17) is 0 Å². The lowest BCUT2D eigenvalue weighted by molar-refractivity contribution is -0.117. The van der Waals surface area contributed by atoms with Crippen molar-refractivity contribution in [2.75, 3.05) is 5.32 Å². The average Bonchev–Trinajstić information content (AvgIpc) is 3.01. The smallest absolute Gasteiger partial charge is 0.162 e. The summed E-state index contributed by atoms with van der Waals surface area (Å²) in [5.41, 5.74) is 4.32. The predicted molar refractivity (Wildman–Crippen MR) is 101 cm³/mol. The van der Waals surface area contributed by atoms with E-state index in [9.17, 15) is 4.79 Å². The summed E-state index contributed by atoms with van der Waals surface area (Å²) >= 11 is 1.61. The van der Waals surface area contributed by atoms with Gasteiger partial charge in [0.15, 0.2) is 5.78 Å².